The van der Waals surface area contributed by atoms with Gasteiger partial charge in [0.1, 0.15) is 6.17 Å². The predicted octanol–water partition coefficient (Wildman–Crippen LogP) is 5.89. The molecule has 20 heavy (non-hydrogen) atoms. The molecule has 0 saturated carbocycles. The summed E-state index contributed by atoms with van der Waals surface area (Å²) in [5.74, 6) is -3.37. The van der Waals surface area contributed by atoms with Gasteiger partial charge in [0.05, 0.1) is 10.8 Å². The fourth-order valence-corrected chi connectivity index (χ4v) is 2.53. The van der Waals surface area contributed by atoms with E-state index in [1.165, 1.54) is 26.0 Å². The lowest BCUT2D eigenvalue weighted by atomic mass is 9.61. The number of halogens is 3. The van der Waals surface area contributed by atoms with Crippen molar-refractivity contribution < 1.29 is 13.2 Å². The molecule has 114 valence electrons. The van der Waals surface area contributed by atoms with E-state index in [4.69, 9.17) is 0 Å². The lowest BCUT2D eigenvalue weighted by Gasteiger charge is -2.49. The smallest absolute Gasteiger partial charge is 0.247 e. The fraction of sp³-hybridized carbons (Fsp3) is 0.529. The van der Waals surface area contributed by atoms with Gasteiger partial charge in [-0.15, -0.1) is 19.7 Å². The summed E-state index contributed by atoms with van der Waals surface area (Å²) in [7, 11) is 0. The van der Waals surface area contributed by atoms with Gasteiger partial charge in [0.2, 0.25) is 0 Å². The quantitative estimate of drug-likeness (QED) is 0.464. The molecular weight excluding hydrogens is 261 g/mol. The Kier molecular flexibility index (Phi) is 6.06. The van der Waals surface area contributed by atoms with Crippen LogP contribution in [-0.4, -0.2) is 12.1 Å². The molecule has 0 aliphatic carbocycles. The maximum atomic E-state index is 15.2. The van der Waals surface area contributed by atoms with Crippen LogP contribution in [0.5, 0.6) is 0 Å². The molecule has 0 nitrogen and oxygen atoms in total. The second kappa shape index (κ2) is 6.47. The van der Waals surface area contributed by atoms with Crippen LogP contribution in [0.1, 0.15) is 33.6 Å². The molecule has 0 bridgehead atoms. The van der Waals surface area contributed by atoms with Crippen LogP contribution >= 0.6 is 0 Å². The van der Waals surface area contributed by atoms with Crippen molar-refractivity contribution in [2.24, 2.45) is 10.8 Å². The molecule has 0 aromatic rings. The van der Waals surface area contributed by atoms with E-state index in [0.717, 1.165) is 13.0 Å². The van der Waals surface area contributed by atoms with Gasteiger partial charge >= 0.3 is 0 Å². The molecule has 0 amide bonds. The Hall–Kier alpha value is -1.25. The van der Waals surface area contributed by atoms with Crippen LogP contribution in [0, 0.1) is 10.8 Å². The summed E-state index contributed by atoms with van der Waals surface area (Å²) in [6, 6.07) is 0. The summed E-state index contributed by atoms with van der Waals surface area (Å²) >= 11 is 0. The Morgan fingerprint density at radius 2 is 1.60 bits per heavy atom. The third kappa shape index (κ3) is 2.63. The zero-order valence-electron chi connectivity index (χ0n) is 12.7. The lowest BCUT2D eigenvalue weighted by Crippen LogP contribution is -2.55. The van der Waals surface area contributed by atoms with Crippen LogP contribution in [0.15, 0.2) is 50.1 Å². The van der Waals surface area contributed by atoms with Crippen LogP contribution in [0.3, 0.4) is 0 Å². The molecule has 3 atom stereocenters. The third-order valence-electron chi connectivity index (χ3n) is 4.33. The fourth-order valence-electron chi connectivity index (χ4n) is 2.53. The summed E-state index contributed by atoms with van der Waals surface area (Å²) in [6.07, 6.45) is 1.78. The normalized spacial score (nSPS) is 19.3. The first-order valence-corrected chi connectivity index (χ1v) is 6.60. The SMILES string of the molecule is C=CCC(C)(C(=C)C)C(F)(F)C(C=C)(CC=C)C(C)F. The average molecular weight is 286 g/mol. The van der Waals surface area contributed by atoms with Crippen molar-refractivity contribution in [3.63, 3.8) is 0 Å². The van der Waals surface area contributed by atoms with Gasteiger partial charge in [0.15, 0.2) is 0 Å². The minimum Gasteiger partial charge on any atom is -0.247 e. The Morgan fingerprint density at radius 3 is 1.85 bits per heavy atom. The molecule has 0 aromatic heterocycles. The molecule has 0 saturated heterocycles. The Bertz CT molecular complexity index is 395. The van der Waals surface area contributed by atoms with E-state index in [9.17, 15) is 4.39 Å². The summed E-state index contributed by atoms with van der Waals surface area (Å²) in [4.78, 5) is 0. The largest absolute Gasteiger partial charge is 0.269 e. The maximum Gasteiger partial charge on any atom is 0.269 e. The van der Waals surface area contributed by atoms with Gasteiger partial charge in [0, 0.05) is 0 Å². The summed E-state index contributed by atoms with van der Waals surface area (Å²) < 4.78 is 44.5. The van der Waals surface area contributed by atoms with E-state index in [1.807, 2.05) is 0 Å². The molecule has 3 heteroatoms. The summed E-state index contributed by atoms with van der Waals surface area (Å²) in [5.41, 5.74) is -3.31. The molecule has 0 aliphatic rings. The highest BCUT2D eigenvalue weighted by Gasteiger charge is 2.64. The maximum absolute atomic E-state index is 15.2. The molecule has 0 N–H and O–H groups in total. The Morgan fingerprint density at radius 1 is 1.15 bits per heavy atom. The minimum atomic E-state index is -3.37. The van der Waals surface area contributed by atoms with Crippen molar-refractivity contribution >= 4 is 0 Å². The van der Waals surface area contributed by atoms with Gasteiger partial charge in [-0.05, 0) is 33.6 Å². The summed E-state index contributed by atoms with van der Waals surface area (Å²) in [5, 5.41) is 0. The Labute approximate surface area is 120 Å². The van der Waals surface area contributed by atoms with Crippen LogP contribution in [0.2, 0.25) is 0 Å². The third-order valence-corrected chi connectivity index (χ3v) is 4.33. The molecular formula is C17H25F3. The minimum absolute atomic E-state index is 0.00872. The van der Waals surface area contributed by atoms with Gasteiger partial charge in [0.25, 0.3) is 5.92 Å². The predicted molar refractivity (Wildman–Crippen MR) is 80.7 cm³/mol. The van der Waals surface area contributed by atoms with E-state index in [0.29, 0.717) is 5.57 Å². The van der Waals surface area contributed by atoms with Crippen LogP contribution < -0.4 is 0 Å². The van der Waals surface area contributed by atoms with Crippen molar-refractivity contribution in [3.05, 3.63) is 50.1 Å². The highest BCUT2D eigenvalue weighted by molar-refractivity contribution is 5.23. The zero-order valence-corrected chi connectivity index (χ0v) is 12.7. The standard InChI is InChI=1S/C17H25F3/c1-8-11-15(7,13(4)5)17(19,20)16(10-3,12-9-2)14(6)18/h8-10,14H,1-4,11-12H2,5-7H3. The second-order valence-corrected chi connectivity index (χ2v) is 5.53. The number of allylic oxidation sites excluding steroid dienone is 4. The first-order chi connectivity index (χ1) is 9.07. The number of hydrogen-bond donors (Lipinski definition) is 0. The number of alkyl halides is 3. The number of rotatable bonds is 9. The first kappa shape index (κ1) is 18.8. The number of hydrogen-bond acceptors (Lipinski definition) is 0. The second-order valence-electron chi connectivity index (χ2n) is 5.53. The molecule has 0 fully saturated rings. The van der Waals surface area contributed by atoms with E-state index in [-0.39, 0.29) is 12.8 Å². The van der Waals surface area contributed by atoms with Crippen molar-refractivity contribution in [1.82, 2.24) is 0 Å². The average Bonchev–Trinajstić information content (AvgIpc) is 2.34. The van der Waals surface area contributed by atoms with Gasteiger partial charge < -0.3 is 0 Å². The van der Waals surface area contributed by atoms with Crippen molar-refractivity contribution in [2.45, 2.75) is 45.7 Å². The van der Waals surface area contributed by atoms with E-state index < -0.39 is 22.9 Å². The highest BCUT2D eigenvalue weighted by atomic mass is 19.3. The van der Waals surface area contributed by atoms with Crippen LogP contribution in [0.25, 0.3) is 0 Å². The molecule has 0 spiro atoms. The summed E-state index contributed by atoms with van der Waals surface area (Å²) in [6.45, 7) is 18.2. The van der Waals surface area contributed by atoms with Crippen molar-refractivity contribution in [2.75, 3.05) is 0 Å². The van der Waals surface area contributed by atoms with Crippen molar-refractivity contribution in [1.29, 1.82) is 0 Å². The van der Waals surface area contributed by atoms with Gasteiger partial charge in [-0.25, -0.2) is 13.2 Å². The van der Waals surface area contributed by atoms with Crippen LogP contribution in [-0.2, 0) is 0 Å². The molecule has 0 aliphatic heterocycles. The van der Waals surface area contributed by atoms with E-state index >= 15 is 8.78 Å². The van der Waals surface area contributed by atoms with E-state index in [2.05, 4.69) is 26.3 Å². The first-order valence-electron chi connectivity index (χ1n) is 6.60. The molecule has 0 aromatic carbocycles. The Balaban J connectivity index is 6.20. The molecule has 0 rings (SSSR count). The highest BCUT2D eigenvalue weighted by Crippen LogP contribution is 2.58. The van der Waals surface area contributed by atoms with Crippen molar-refractivity contribution in [3.8, 4) is 0 Å². The topological polar surface area (TPSA) is 0 Å². The lowest BCUT2D eigenvalue weighted by molar-refractivity contribution is -0.190. The van der Waals surface area contributed by atoms with Crippen LogP contribution in [0.4, 0.5) is 13.2 Å². The zero-order chi connectivity index (χ0) is 16.2. The molecule has 3 unspecified atom stereocenters. The van der Waals surface area contributed by atoms with E-state index in [1.54, 1.807) is 0 Å². The molecule has 0 heterocycles. The van der Waals surface area contributed by atoms with Gasteiger partial charge in [-0.3, -0.25) is 0 Å². The van der Waals surface area contributed by atoms with Gasteiger partial charge in [-0.1, -0.05) is 30.4 Å². The molecule has 0 radical (unpaired) electrons. The monoisotopic (exact) mass is 286 g/mol. The van der Waals surface area contributed by atoms with Gasteiger partial charge in [-0.2, -0.15) is 0 Å².